The van der Waals surface area contributed by atoms with Crippen molar-refractivity contribution < 1.29 is 28.8 Å². The van der Waals surface area contributed by atoms with Gasteiger partial charge in [0.25, 0.3) is 0 Å². The second-order valence-corrected chi connectivity index (χ2v) is 4.79. The van der Waals surface area contributed by atoms with E-state index < -0.39 is 24.3 Å². The van der Waals surface area contributed by atoms with Crippen molar-refractivity contribution in [2.75, 3.05) is 20.8 Å². The van der Waals surface area contributed by atoms with Crippen molar-refractivity contribution in [3.05, 3.63) is 0 Å². The minimum atomic E-state index is -0.759. The van der Waals surface area contributed by atoms with Crippen LogP contribution in [-0.4, -0.2) is 62.4 Å². The zero-order valence-corrected chi connectivity index (χ0v) is 10.6. The molecule has 2 saturated heterocycles. The Labute approximate surface area is 101 Å². The average Bonchev–Trinajstić information content (AvgIpc) is 2.71. The number of aliphatic hydroxyl groups is 1. The molecule has 2 aliphatic rings. The summed E-state index contributed by atoms with van der Waals surface area (Å²) in [5.74, 6) is -0.680. The van der Waals surface area contributed by atoms with E-state index in [2.05, 4.69) is 0 Å². The normalized spacial score (nSPS) is 41.5. The van der Waals surface area contributed by atoms with Gasteiger partial charge in [-0.3, -0.25) is 0 Å². The molecule has 2 heterocycles. The third-order valence-electron chi connectivity index (χ3n) is 3.00. The maximum atomic E-state index is 9.94. The molecule has 0 saturated carbocycles. The monoisotopic (exact) mass is 248 g/mol. The van der Waals surface area contributed by atoms with Crippen LogP contribution in [0.25, 0.3) is 0 Å². The third kappa shape index (κ3) is 2.47. The van der Waals surface area contributed by atoms with Gasteiger partial charge in [-0.15, -0.1) is 0 Å². The molecule has 0 amide bonds. The zero-order chi connectivity index (χ0) is 12.6. The van der Waals surface area contributed by atoms with Crippen LogP contribution in [0.1, 0.15) is 13.8 Å². The number of methoxy groups -OCH3 is 2. The molecule has 6 heteroatoms. The fourth-order valence-electron chi connectivity index (χ4n) is 2.36. The summed E-state index contributed by atoms with van der Waals surface area (Å²) in [4.78, 5) is 0. The van der Waals surface area contributed by atoms with Crippen LogP contribution in [0.2, 0.25) is 0 Å². The molecule has 2 aliphatic heterocycles. The molecule has 6 nitrogen and oxygen atoms in total. The SMILES string of the molecule is COC[C@H](O)[C@@H]1O[C@@H](OC)[C@@H]2OC(C)(C)O[C@H]12. The van der Waals surface area contributed by atoms with Crippen molar-refractivity contribution in [3.8, 4) is 0 Å². The number of ether oxygens (including phenoxy) is 5. The summed E-state index contributed by atoms with van der Waals surface area (Å²) in [6.45, 7) is 3.85. The van der Waals surface area contributed by atoms with E-state index in [1.165, 1.54) is 7.11 Å². The standard InChI is InChI=1S/C11H20O6/c1-11(2)16-8-7(6(12)5-13-3)15-10(14-4)9(8)17-11/h6-10,12H,5H2,1-4H3/t6-,7-,8+,9+,10+/m0/s1. The lowest BCUT2D eigenvalue weighted by Crippen LogP contribution is -2.40. The van der Waals surface area contributed by atoms with Crippen LogP contribution in [0, 0.1) is 0 Å². The van der Waals surface area contributed by atoms with Gasteiger partial charge in [0.2, 0.25) is 0 Å². The van der Waals surface area contributed by atoms with Gasteiger partial charge in [0.05, 0.1) is 6.61 Å². The summed E-state index contributed by atoms with van der Waals surface area (Å²) >= 11 is 0. The van der Waals surface area contributed by atoms with Gasteiger partial charge in [-0.1, -0.05) is 0 Å². The molecule has 0 aromatic carbocycles. The lowest BCUT2D eigenvalue weighted by Gasteiger charge is -2.25. The van der Waals surface area contributed by atoms with E-state index >= 15 is 0 Å². The van der Waals surface area contributed by atoms with Gasteiger partial charge >= 0.3 is 0 Å². The van der Waals surface area contributed by atoms with Gasteiger partial charge in [0, 0.05) is 14.2 Å². The zero-order valence-electron chi connectivity index (χ0n) is 10.6. The van der Waals surface area contributed by atoms with E-state index in [9.17, 15) is 5.11 Å². The molecule has 0 unspecified atom stereocenters. The molecule has 5 atom stereocenters. The van der Waals surface area contributed by atoms with E-state index in [1.54, 1.807) is 7.11 Å². The molecule has 0 aliphatic carbocycles. The Bertz CT molecular complexity index is 269. The van der Waals surface area contributed by atoms with Crippen molar-refractivity contribution in [3.63, 3.8) is 0 Å². The molecule has 17 heavy (non-hydrogen) atoms. The molecule has 2 rings (SSSR count). The number of aliphatic hydroxyl groups excluding tert-OH is 1. The largest absolute Gasteiger partial charge is 0.388 e. The topological polar surface area (TPSA) is 66.4 Å². The highest BCUT2D eigenvalue weighted by Gasteiger charge is 2.57. The predicted molar refractivity (Wildman–Crippen MR) is 57.4 cm³/mol. The van der Waals surface area contributed by atoms with E-state index in [1.807, 2.05) is 13.8 Å². The van der Waals surface area contributed by atoms with E-state index in [4.69, 9.17) is 23.7 Å². The lowest BCUT2D eigenvalue weighted by molar-refractivity contribution is -0.238. The summed E-state index contributed by atoms with van der Waals surface area (Å²) in [6.07, 6.45) is -2.42. The van der Waals surface area contributed by atoms with Crippen molar-refractivity contribution in [2.24, 2.45) is 0 Å². The van der Waals surface area contributed by atoms with Gasteiger partial charge in [0.15, 0.2) is 12.1 Å². The molecule has 0 radical (unpaired) electrons. The molecule has 0 aromatic heterocycles. The molecule has 0 bridgehead atoms. The first-order chi connectivity index (χ1) is 7.98. The fraction of sp³-hybridized carbons (Fsp3) is 1.00. The van der Waals surface area contributed by atoms with Crippen LogP contribution in [0.3, 0.4) is 0 Å². The van der Waals surface area contributed by atoms with E-state index in [0.717, 1.165) is 0 Å². The summed E-state index contributed by atoms with van der Waals surface area (Å²) in [7, 11) is 3.07. The predicted octanol–water partition coefficient (Wildman–Crippen LogP) is -0.115. The minimum Gasteiger partial charge on any atom is -0.388 e. The fourth-order valence-corrected chi connectivity index (χ4v) is 2.36. The lowest BCUT2D eigenvalue weighted by atomic mass is 10.1. The van der Waals surface area contributed by atoms with Crippen LogP contribution < -0.4 is 0 Å². The number of hydrogen-bond donors (Lipinski definition) is 1. The highest BCUT2D eigenvalue weighted by Crippen LogP contribution is 2.39. The van der Waals surface area contributed by atoms with Crippen molar-refractivity contribution in [1.29, 1.82) is 0 Å². The molecular weight excluding hydrogens is 228 g/mol. The van der Waals surface area contributed by atoms with Crippen LogP contribution in [0.5, 0.6) is 0 Å². The Kier molecular flexibility index (Phi) is 3.72. The maximum Gasteiger partial charge on any atom is 0.186 e. The Balaban J connectivity index is 2.09. The van der Waals surface area contributed by atoms with Gasteiger partial charge in [-0.05, 0) is 13.8 Å². The van der Waals surface area contributed by atoms with Crippen LogP contribution in [0.4, 0.5) is 0 Å². The summed E-state index contributed by atoms with van der Waals surface area (Å²) in [6, 6.07) is 0. The first-order valence-corrected chi connectivity index (χ1v) is 5.69. The second kappa shape index (κ2) is 4.79. The highest BCUT2D eigenvalue weighted by molar-refractivity contribution is 4.97. The Hall–Kier alpha value is -0.240. The Morgan fingerprint density at radius 1 is 1.24 bits per heavy atom. The van der Waals surface area contributed by atoms with Crippen molar-refractivity contribution in [2.45, 2.75) is 50.3 Å². The summed E-state index contributed by atoms with van der Waals surface area (Å²) in [5, 5.41) is 9.94. The summed E-state index contributed by atoms with van der Waals surface area (Å²) in [5.41, 5.74) is 0. The number of hydrogen-bond acceptors (Lipinski definition) is 6. The van der Waals surface area contributed by atoms with Crippen LogP contribution in [-0.2, 0) is 23.7 Å². The third-order valence-corrected chi connectivity index (χ3v) is 3.00. The Morgan fingerprint density at radius 2 is 1.88 bits per heavy atom. The van der Waals surface area contributed by atoms with Crippen molar-refractivity contribution in [1.82, 2.24) is 0 Å². The molecule has 0 aromatic rings. The minimum absolute atomic E-state index is 0.189. The van der Waals surface area contributed by atoms with E-state index in [-0.39, 0.29) is 18.8 Å². The molecule has 0 spiro atoms. The smallest absolute Gasteiger partial charge is 0.186 e. The quantitative estimate of drug-likeness (QED) is 0.748. The molecule has 1 N–H and O–H groups in total. The molecule has 2 fully saturated rings. The van der Waals surface area contributed by atoms with Gasteiger partial charge in [-0.2, -0.15) is 0 Å². The first-order valence-electron chi connectivity index (χ1n) is 5.69. The highest BCUT2D eigenvalue weighted by atomic mass is 16.8. The number of rotatable bonds is 4. The molecule has 100 valence electrons. The van der Waals surface area contributed by atoms with Gasteiger partial charge in [0.1, 0.15) is 24.4 Å². The van der Waals surface area contributed by atoms with Gasteiger partial charge in [-0.25, -0.2) is 0 Å². The average molecular weight is 248 g/mol. The van der Waals surface area contributed by atoms with Crippen LogP contribution >= 0.6 is 0 Å². The van der Waals surface area contributed by atoms with Crippen molar-refractivity contribution >= 4 is 0 Å². The summed E-state index contributed by atoms with van der Waals surface area (Å²) < 4.78 is 27.2. The van der Waals surface area contributed by atoms with Gasteiger partial charge < -0.3 is 28.8 Å². The first kappa shape index (κ1) is 13.2. The Morgan fingerprint density at radius 3 is 2.47 bits per heavy atom. The second-order valence-electron chi connectivity index (χ2n) is 4.79. The van der Waals surface area contributed by atoms with E-state index in [0.29, 0.717) is 0 Å². The molecular formula is C11H20O6. The van der Waals surface area contributed by atoms with Crippen LogP contribution in [0.15, 0.2) is 0 Å². The maximum absolute atomic E-state index is 9.94. The number of fused-ring (bicyclic) bond motifs is 1.